The van der Waals surface area contributed by atoms with Gasteiger partial charge in [-0.15, -0.1) is 12.4 Å². The highest BCUT2D eigenvalue weighted by molar-refractivity contribution is 7.89. The third-order valence-corrected chi connectivity index (χ3v) is 7.59. The Bertz CT molecular complexity index is 808. The molecule has 8 heteroatoms. The molecule has 26 heavy (non-hydrogen) atoms. The van der Waals surface area contributed by atoms with Gasteiger partial charge in [0, 0.05) is 17.8 Å². The van der Waals surface area contributed by atoms with E-state index < -0.39 is 10.0 Å². The number of halogens is 1. The number of carbonyl (C=O) groups excluding carboxylic acids is 1. The van der Waals surface area contributed by atoms with E-state index in [2.05, 4.69) is 10.0 Å². The molecule has 0 heterocycles. The first-order chi connectivity index (χ1) is 11.8. The zero-order chi connectivity index (χ0) is 17.8. The van der Waals surface area contributed by atoms with Crippen LogP contribution in [0.15, 0.2) is 23.1 Å². The molecule has 1 aromatic rings. The van der Waals surface area contributed by atoms with Crippen molar-refractivity contribution in [1.29, 1.82) is 0 Å². The number of fused-ring (bicyclic) bond motifs is 2. The van der Waals surface area contributed by atoms with Crippen molar-refractivity contribution in [2.75, 3.05) is 5.32 Å². The van der Waals surface area contributed by atoms with Crippen molar-refractivity contribution < 1.29 is 13.2 Å². The standard InChI is InChI=1S/C18H25N3O3S.ClH/c1-10-2-5-14(9-15(10)25(23,24)21-13-6-7-13)20-18(22)16-11-3-4-12(8-11)17(16)19;/h2,5,9,11-13,16-17,21H,3-4,6-8,19H2,1H3,(H,20,22);1H. The van der Waals surface area contributed by atoms with Crippen molar-refractivity contribution >= 4 is 34.0 Å². The molecule has 2 bridgehead atoms. The van der Waals surface area contributed by atoms with E-state index in [1.165, 1.54) is 0 Å². The van der Waals surface area contributed by atoms with Crippen LogP contribution in [0.25, 0.3) is 0 Å². The molecule has 0 spiro atoms. The number of benzene rings is 1. The maximum absolute atomic E-state index is 12.7. The molecule has 0 aliphatic heterocycles. The summed E-state index contributed by atoms with van der Waals surface area (Å²) in [6.45, 7) is 1.76. The van der Waals surface area contributed by atoms with Gasteiger partial charge >= 0.3 is 0 Å². The lowest BCUT2D eigenvalue weighted by Crippen LogP contribution is -2.42. The molecule has 1 aromatic carbocycles. The van der Waals surface area contributed by atoms with Crippen LogP contribution in [0, 0.1) is 24.7 Å². The van der Waals surface area contributed by atoms with Crippen molar-refractivity contribution in [3.63, 3.8) is 0 Å². The van der Waals surface area contributed by atoms with E-state index in [1.54, 1.807) is 25.1 Å². The summed E-state index contributed by atoms with van der Waals surface area (Å²) < 4.78 is 27.7. The smallest absolute Gasteiger partial charge is 0.241 e. The number of hydrogen-bond acceptors (Lipinski definition) is 4. The van der Waals surface area contributed by atoms with E-state index in [0.29, 0.717) is 23.1 Å². The highest BCUT2D eigenvalue weighted by Gasteiger charge is 2.49. The highest BCUT2D eigenvalue weighted by Crippen LogP contribution is 2.48. The summed E-state index contributed by atoms with van der Waals surface area (Å²) >= 11 is 0. The molecule has 3 aliphatic carbocycles. The van der Waals surface area contributed by atoms with Gasteiger partial charge in [-0.25, -0.2) is 13.1 Å². The van der Waals surface area contributed by atoms with Crippen LogP contribution in [-0.4, -0.2) is 26.4 Å². The van der Waals surface area contributed by atoms with Crippen LogP contribution in [0.5, 0.6) is 0 Å². The molecular weight excluding hydrogens is 374 g/mol. The molecule has 1 amide bonds. The number of rotatable bonds is 5. The Morgan fingerprint density at radius 2 is 1.85 bits per heavy atom. The third-order valence-electron chi connectivity index (χ3n) is 5.93. The molecule has 4 atom stereocenters. The Labute approximate surface area is 160 Å². The summed E-state index contributed by atoms with van der Waals surface area (Å²) in [5.74, 6) is 0.578. The van der Waals surface area contributed by atoms with E-state index in [9.17, 15) is 13.2 Å². The van der Waals surface area contributed by atoms with Gasteiger partial charge < -0.3 is 11.1 Å². The fourth-order valence-corrected chi connectivity index (χ4v) is 5.98. The van der Waals surface area contributed by atoms with E-state index in [-0.39, 0.29) is 41.2 Å². The molecule has 4 rings (SSSR count). The number of sulfonamides is 1. The molecule has 144 valence electrons. The summed E-state index contributed by atoms with van der Waals surface area (Å²) in [5, 5.41) is 2.90. The number of nitrogens with two attached hydrogens (primary N) is 1. The zero-order valence-electron chi connectivity index (χ0n) is 14.8. The molecule has 0 saturated heterocycles. The maximum Gasteiger partial charge on any atom is 0.241 e. The molecule has 0 aromatic heterocycles. The molecule has 4 N–H and O–H groups in total. The quantitative estimate of drug-likeness (QED) is 0.706. The van der Waals surface area contributed by atoms with Gasteiger partial charge in [0.25, 0.3) is 0 Å². The van der Waals surface area contributed by atoms with Gasteiger partial charge in [0.15, 0.2) is 0 Å². The fourth-order valence-electron chi connectivity index (χ4n) is 4.40. The Balaban J connectivity index is 0.00000196. The molecular formula is C18H26ClN3O3S. The normalized spacial score (nSPS) is 30.1. The van der Waals surface area contributed by atoms with Gasteiger partial charge in [0.1, 0.15) is 0 Å². The maximum atomic E-state index is 12.7. The van der Waals surface area contributed by atoms with E-state index in [4.69, 9.17) is 5.73 Å². The molecule has 3 saturated carbocycles. The number of amides is 1. The Hall–Kier alpha value is -1.15. The van der Waals surface area contributed by atoms with Crippen LogP contribution >= 0.6 is 12.4 Å². The number of carbonyl (C=O) groups is 1. The summed E-state index contributed by atoms with van der Waals surface area (Å²) in [4.78, 5) is 12.9. The van der Waals surface area contributed by atoms with Gasteiger partial charge in [0.2, 0.25) is 15.9 Å². The van der Waals surface area contributed by atoms with Gasteiger partial charge in [-0.05, 0) is 68.6 Å². The van der Waals surface area contributed by atoms with Crippen LogP contribution in [0.3, 0.4) is 0 Å². The Kier molecular flexibility index (Phi) is 5.36. The van der Waals surface area contributed by atoms with Crippen LogP contribution in [0.1, 0.15) is 37.7 Å². The largest absolute Gasteiger partial charge is 0.327 e. The van der Waals surface area contributed by atoms with Crippen molar-refractivity contribution in [1.82, 2.24) is 4.72 Å². The lowest BCUT2D eigenvalue weighted by molar-refractivity contribution is -0.121. The lowest BCUT2D eigenvalue weighted by atomic mass is 9.84. The van der Waals surface area contributed by atoms with Crippen LogP contribution < -0.4 is 15.8 Å². The van der Waals surface area contributed by atoms with Gasteiger partial charge in [-0.3, -0.25) is 4.79 Å². The average Bonchev–Trinajstić information content (AvgIpc) is 3.12. The Morgan fingerprint density at radius 3 is 2.46 bits per heavy atom. The first kappa shape index (κ1) is 19.6. The first-order valence-corrected chi connectivity index (χ1v) is 10.5. The SMILES string of the molecule is Cc1ccc(NC(=O)C2C3CCC(C3)C2N)cc1S(=O)(=O)NC1CC1.Cl. The monoisotopic (exact) mass is 399 g/mol. The van der Waals surface area contributed by atoms with Crippen molar-refractivity contribution in [2.24, 2.45) is 23.5 Å². The molecule has 6 nitrogen and oxygen atoms in total. The average molecular weight is 400 g/mol. The van der Waals surface area contributed by atoms with E-state index >= 15 is 0 Å². The van der Waals surface area contributed by atoms with Crippen LogP contribution in [-0.2, 0) is 14.8 Å². The van der Waals surface area contributed by atoms with Crippen molar-refractivity contribution in [3.8, 4) is 0 Å². The Morgan fingerprint density at radius 1 is 1.15 bits per heavy atom. The van der Waals surface area contributed by atoms with Crippen LogP contribution in [0.2, 0.25) is 0 Å². The van der Waals surface area contributed by atoms with Crippen LogP contribution in [0.4, 0.5) is 5.69 Å². The van der Waals surface area contributed by atoms with Crippen molar-refractivity contribution in [3.05, 3.63) is 23.8 Å². The number of anilines is 1. The molecule has 0 radical (unpaired) electrons. The second-order valence-corrected chi connectivity index (χ2v) is 9.48. The van der Waals surface area contributed by atoms with E-state index in [0.717, 1.165) is 32.1 Å². The minimum atomic E-state index is -3.55. The summed E-state index contributed by atoms with van der Waals surface area (Å²) in [7, 11) is -3.55. The second kappa shape index (κ2) is 7.11. The number of hydrogen-bond donors (Lipinski definition) is 3. The number of nitrogens with one attached hydrogen (secondary N) is 2. The molecule has 4 unspecified atom stereocenters. The fraction of sp³-hybridized carbons (Fsp3) is 0.611. The molecule has 3 fully saturated rings. The third kappa shape index (κ3) is 3.63. The van der Waals surface area contributed by atoms with Gasteiger partial charge in [0.05, 0.1) is 10.8 Å². The minimum absolute atomic E-state index is 0. The summed E-state index contributed by atoms with van der Waals surface area (Å²) in [6, 6.07) is 5.01. The van der Waals surface area contributed by atoms with E-state index in [1.807, 2.05) is 0 Å². The van der Waals surface area contributed by atoms with Gasteiger partial charge in [-0.1, -0.05) is 6.07 Å². The first-order valence-electron chi connectivity index (χ1n) is 9.04. The highest BCUT2D eigenvalue weighted by atomic mass is 35.5. The van der Waals surface area contributed by atoms with Gasteiger partial charge in [-0.2, -0.15) is 0 Å². The predicted molar refractivity (Wildman–Crippen MR) is 103 cm³/mol. The van der Waals surface area contributed by atoms with Crippen molar-refractivity contribution in [2.45, 2.75) is 56.0 Å². The summed E-state index contributed by atoms with van der Waals surface area (Å²) in [6.07, 6.45) is 5.00. The second-order valence-electron chi connectivity index (χ2n) is 7.80. The number of aryl methyl sites for hydroxylation is 1. The zero-order valence-corrected chi connectivity index (χ0v) is 16.4. The topological polar surface area (TPSA) is 101 Å². The lowest BCUT2D eigenvalue weighted by Gasteiger charge is -2.27. The predicted octanol–water partition coefficient (Wildman–Crippen LogP) is 2.17. The minimum Gasteiger partial charge on any atom is -0.327 e. The molecule has 3 aliphatic rings. The summed E-state index contributed by atoms with van der Waals surface area (Å²) in [5.41, 5.74) is 7.42.